The molecule has 0 amide bonds. The Morgan fingerprint density at radius 3 is 2.81 bits per heavy atom. The number of nitrogens with one attached hydrogen (secondary N) is 1. The molecule has 0 atom stereocenters. The second kappa shape index (κ2) is 4.48. The highest BCUT2D eigenvalue weighted by molar-refractivity contribution is 5.33. The van der Waals surface area contributed by atoms with E-state index in [1.54, 1.807) is 12.3 Å². The molecule has 1 fully saturated rings. The van der Waals surface area contributed by atoms with Crippen LogP contribution < -0.4 is 5.32 Å². The molecule has 0 spiro atoms. The fourth-order valence-corrected chi connectivity index (χ4v) is 2.21. The van der Waals surface area contributed by atoms with Crippen molar-refractivity contribution in [2.24, 2.45) is 0 Å². The van der Waals surface area contributed by atoms with Gasteiger partial charge in [-0.2, -0.15) is 5.26 Å². The first kappa shape index (κ1) is 10.9. The fourth-order valence-electron chi connectivity index (χ4n) is 2.21. The Morgan fingerprint density at radius 2 is 2.12 bits per heavy atom. The standard InChI is InChI=1S/C12H16N4/c1-12(6-3-2-4-7-12)16-11-14-8-5-10(9-13)15-11/h5,8H,2-4,6-7H2,1H3,(H,14,15,16). The van der Waals surface area contributed by atoms with Crippen LogP contribution in [0, 0.1) is 11.3 Å². The molecule has 16 heavy (non-hydrogen) atoms. The number of hydrogen-bond donors (Lipinski definition) is 1. The summed E-state index contributed by atoms with van der Waals surface area (Å²) in [6.07, 6.45) is 7.74. The molecule has 84 valence electrons. The molecule has 0 aliphatic heterocycles. The maximum absolute atomic E-state index is 8.76. The van der Waals surface area contributed by atoms with Crippen LogP contribution in [0.3, 0.4) is 0 Å². The van der Waals surface area contributed by atoms with Gasteiger partial charge in [0, 0.05) is 11.7 Å². The summed E-state index contributed by atoms with van der Waals surface area (Å²) < 4.78 is 0. The SMILES string of the molecule is CC1(Nc2nccc(C#N)n2)CCCCC1. The van der Waals surface area contributed by atoms with E-state index < -0.39 is 0 Å². The van der Waals surface area contributed by atoms with Gasteiger partial charge in [0.25, 0.3) is 0 Å². The highest BCUT2D eigenvalue weighted by atomic mass is 15.1. The van der Waals surface area contributed by atoms with Gasteiger partial charge in [0.05, 0.1) is 0 Å². The van der Waals surface area contributed by atoms with Crippen LogP contribution in [0.2, 0.25) is 0 Å². The topological polar surface area (TPSA) is 61.6 Å². The summed E-state index contributed by atoms with van der Waals surface area (Å²) in [5.74, 6) is 0.573. The highest BCUT2D eigenvalue weighted by Crippen LogP contribution is 2.30. The van der Waals surface area contributed by atoms with E-state index in [-0.39, 0.29) is 5.54 Å². The van der Waals surface area contributed by atoms with Crippen LogP contribution >= 0.6 is 0 Å². The quantitative estimate of drug-likeness (QED) is 0.825. The van der Waals surface area contributed by atoms with E-state index in [0.29, 0.717) is 11.6 Å². The largest absolute Gasteiger partial charge is 0.349 e. The highest BCUT2D eigenvalue weighted by Gasteiger charge is 2.27. The Morgan fingerprint density at radius 1 is 1.38 bits per heavy atom. The Balaban J connectivity index is 2.10. The van der Waals surface area contributed by atoms with Gasteiger partial charge in [0.1, 0.15) is 11.8 Å². The third-order valence-corrected chi connectivity index (χ3v) is 3.14. The van der Waals surface area contributed by atoms with Gasteiger partial charge in [-0.05, 0) is 25.8 Å². The number of hydrogen-bond acceptors (Lipinski definition) is 4. The van der Waals surface area contributed by atoms with Crippen LogP contribution in [0.5, 0.6) is 0 Å². The van der Waals surface area contributed by atoms with Crippen LogP contribution in [0.15, 0.2) is 12.3 Å². The molecule has 4 heteroatoms. The van der Waals surface area contributed by atoms with Gasteiger partial charge in [-0.15, -0.1) is 0 Å². The second-order valence-corrected chi connectivity index (χ2v) is 4.62. The van der Waals surface area contributed by atoms with E-state index >= 15 is 0 Å². The van der Waals surface area contributed by atoms with Crippen LogP contribution in [0.25, 0.3) is 0 Å². The predicted molar refractivity (Wildman–Crippen MR) is 61.9 cm³/mol. The molecule has 0 bridgehead atoms. The molecule has 0 saturated heterocycles. The number of nitrogens with zero attached hydrogens (tertiary/aromatic N) is 3. The Hall–Kier alpha value is -1.63. The second-order valence-electron chi connectivity index (χ2n) is 4.62. The average Bonchev–Trinajstić information content (AvgIpc) is 2.29. The zero-order valence-corrected chi connectivity index (χ0v) is 9.53. The molecule has 1 N–H and O–H groups in total. The molecule has 0 unspecified atom stereocenters. The first-order valence-corrected chi connectivity index (χ1v) is 5.73. The zero-order chi connectivity index (χ0) is 11.4. The first-order chi connectivity index (χ1) is 7.72. The maximum Gasteiger partial charge on any atom is 0.224 e. The molecule has 4 nitrogen and oxygen atoms in total. The minimum absolute atomic E-state index is 0.0896. The molecule has 1 aliphatic carbocycles. The lowest BCUT2D eigenvalue weighted by atomic mass is 9.83. The predicted octanol–water partition coefficient (Wildman–Crippen LogP) is 2.48. The number of anilines is 1. The van der Waals surface area contributed by atoms with Crippen molar-refractivity contribution in [3.63, 3.8) is 0 Å². The van der Waals surface area contributed by atoms with Gasteiger partial charge in [-0.25, -0.2) is 9.97 Å². The molecule has 1 heterocycles. The lowest BCUT2D eigenvalue weighted by Crippen LogP contribution is -2.37. The van der Waals surface area contributed by atoms with Crippen molar-refractivity contribution in [1.29, 1.82) is 5.26 Å². The number of aromatic nitrogens is 2. The molecular weight excluding hydrogens is 200 g/mol. The summed E-state index contributed by atoms with van der Waals surface area (Å²) in [6.45, 7) is 2.20. The molecule has 1 aromatic heterocycles. The lowest BCUT2D eigenvalue weighted by Gasteiger charge is -2.34. The van der Waals surface area contributed by atoms with Crippen molar-refractivity contribution < 1.29 is 0 Å². The van der Waals surface area contributed by atoms with Gasteiger partial charge < -0.3 is 5.32 Å². The van der Waals surface area contributed by atoms with Crippen LogP contribution in [-0.4, -0.2) is 15.5 Å². The normalized spacial score (nSPS) is 18.8. The maximum atomic E-state index is 8.76. The van der Waals surface area contributed by atoms with Gasteiger partial charge in [0.2, 0.25) is 5.95 Å². The van der Waals surface area contributed by atoms with Crippen molar-refractivity contribution in [1.82, 2.24) is 9.97 Å². The Labute approximate surface area is 95.7 Å². The molecule has 1 aromatic rings. The zero-order valence-electron chi connectivity index (χ0n) is 9.53. The summed E-state index contributed by atoms with van der Waals surface area (Å²) in [6, 6.07) is 3.65. The van der Waals surface area contributed by atoms with E-state index in [2.05, 4.69) is 22.2 Å². The Kier molecular flexibility index (Phi) is 3.04. The van der Waals surface area contributed by atoms with Gasteiger partial charge in [0.15, 0.2) is 0 Å². The van der Waals surface area contributed by atoms with Crippen LogP contribution in [0.4, 0.5) is 5.95 Å². The summed E-state index contributed by atoms with van der Waals surface area (Å²) in [4.78, 5) is 8.30. The van der Waals surface area contributed by atoms with E-state index in [1.807, 2.05) is 6.07 Å². The summed E-state index contributed by atoms with van der Waals surface area (Å²) in [7, 11) is 0. The minimum atomic E-state index is 0.0896. The summed E-state index contributed by atoms with van der Waals surface area (Å²) in [5.41, 5.74) is 0.503. The average molecular weight is 216 g/mol. The van der Waals surface area contributed by atoms with Crippen molar-refractivity contribution in [2.75, 3.05) is 5.32 Å². The minimum Gasteiger partial charge on any atom is -0.349 e. The molecular formula is C12H16N4. The third-order valence-electron chi connectivity index (χ3n) is 3.14. The molecule has 0 radical (unpaired) electrons. The van der Waals surface area contributed by atoms with Gasteiger partial charge >= 0.3 is 0 Å². The monoisotopic (exact) mass is 216 g/mol. The van der Waals surface area contributed by atoms with E-state index in [0.717, 1.165) is 12.8 Å². The van der Waals surface area contributed by atoms with Crippen LogP contribution in [0.1, 0.15) is 44.7 Å². The van der Waals surface area contributed by atoms with E-state index in [1.165, 1.54) is 19.3 Å². The fraction of sp³-hybridized carbons (Fsp3) is 0.583. The first-order valence-electron chi connectivity index (χ1n) is 5.73. The van der Waals surface area contributed by atoms with E-state index in [9.17, 15) is 0 Å². The molecule has 0 aromatic carbocycles. The number of rotatable bonds is 2. The van der Waals surface area contributed by atoms with Gasteiger partial charge in [-0.1, -0.05) is 19.3 Å². The van der Waals surface area contributed by atoms with Gasteiger partial charge in [-0.3, -0.25) is 0 Å². The third kappa shape index (κ3) is 2.48. The summed E-state index contributed by atoms with van der Waals surface area (Å²) in [5, 5.41) is 12.1. The molecule has 2 rings (SSSR count). The number of nitriles is 1. The van der Waals surface area contributed by atoms with Crippen molar-refractivity contribution in [3.05, 3.63) is 18.0 Å². The molecule has 1 saturated carbocycles. The lowest BCUT2D eigenvalue weighted by molar-refractivity contribution is 0.347. The summed E-state index contributed by atoms with van der Waals surface area (Å²) >= 11 is 0. The van der Waals surface area contributed by atoms with Crippen molar-refractivity contribution >= 4 is 5.95 Å². The van der Waals surface area contributed by atoms with Crippen molar-refractivity contribution in [3.8, 4) is 6.07 Å². The smallest absolute Gasteiger partial charge is 0.224 e. The van der Waals surface area contributed by atoms with E-state index in [4.69, 9.17) is 5.26 Å². The Bertz CT molecular complexity index is 402. The molecule has 1 aliphatic rings. The van der Waals surface area contributed by atoms with Crippen molar-refractivity contribution in [2.45, 2.75) is 44.6 Å². The van der Waals surface area contributed by atoms with Crippen LogP contribution in [-0.2, 0) is 0 Å².